The Balaban J connectivity index is 1.49. The third-order valence-electron chi connectivity index (χ3n) is 4.53. The van der Waals surface area contributed by atoms with Gasteiger partial charge in [-0.1, -0.05) is 24.3 Å². The van der Waals surface area contributed by atoms with Crippen molar-refractivity contribution in [3.05, 3.63) is 54.1 Å². The maximum absolute atomic E-state index is 9.37. The number of thioether (sulfide) groups is 1. The van der Waals surface area contributed by atoms with E-state index in [-0.39, 0.29) is 0 Å². The smallest absolute Gasteiger partial charge is 0.178 e. The van der Waals surface area contributed by atoms with Gasteiger partial charge >= 0.3 is 0 Å². The zero-order chi connectivity index (χ0) is 19.1. The molecule has 1 atom stereocenters. The number of benzene rings is 2. The van der Waals surface area contributed by atoms with Gasteiger partial charge in [-0.05, 0) is 36.8 Å². The molecule has 0 bridgehead atoms. The number of hydrogen-bond donors (Lipinski definition) is 2. The summed E-state index contributed by atoms with van der Waals surface area (Å²) in [6, 6.07) is 16.2. The molecule has 0 unspecified atom stereocenters. The van der Waals surface area contributed by atoms with Crippen LogP contribution in [0.15, 0.2) is 53.4 Å². The Morgan fingerprint density at radius 3 is 2.63 bits per heavy atom. The molecular weight excluding hydrogens is 362 g/mol. The average molecular weight is 390 g/mol. The second-order valence-corrected chi connectivity index (χ2v) is 7.54. The second-order valence-electron chi connectivity index (χ2n) is 6.41. The van der Waals surface area contributed by atoms with Crippen molar-refractivity contribution in [2.24, 2.45) is 0 Å². The molecule has 27 heavy (non-hydrogen) atoms. The highest BCUT2D eigenvalue weighted by molar-refractivity contribution is 7.99. The highest BCUT2D eigenvalue weighted by atomic mass is 32.2. The van der Waals surface area contributed by atoms with Crippen LogP contribution in [0.4, 0.5) is 5.69 Å². The minimum absolute atomic E-state index is 0.446. The van der Waals surface area contributed by atoms with E-state index in [1.54, 1.807) is 0 Å². The first kappa shape index (κ1) is 20.0. The summed E-state index contributed by atoms with van der Waals surface area (Å²) in [4.78, 5) is 3.71. The number of hydrogen-bond acceptors (Lipinski definition) is 6. The van der Waals surface area contributed by atoms with Crippen LogP contribution in [0.25, 0.3) is 0 Å². The van der Waals surface area contributed by atoms with Crippen LogP contribution in [0, 0.1) is 0 Å². The van der Waals surface area contributed by atoms with Crippen LogP contribution in [-0.2, 0) is 11.2 Å². The minimum atomic E-state index is -1.48. The molecule has 3 rings (SSSR count). The van der Waals surface area contributed by atoms with Crippen molar-refractivity contribution in [1.29, 1.82) is 0 Å². The lowest BCUT2D eigenvalue weighted by Gasteiger charge is -2.30. The standard InChI is InChI=1S/C21H27NO4S/c1-2-25-19(21(23)24)15-16-7-9-17(10-8-16)26-13-11-22-12-14-27-20-6-4-3-5-18(20)22/h3-10,19,21,23-24H,2,11-15H2,1H3/t19-/m0/s1. The van der Waals surface area contributed by atoms with Gasteiger partial charge in [0, 0.05) is 30.2 Å². The van der Waals surface area contributed by atoms with Gasteiger partial charge in [-0.3, -0.25) is 0 Å². The number of fused-ring (bicyclic) bond motifs is 1. The molecule has 1 heterocycles. The fourth-order valence-electron chi connectivity index (χ4n) is 3.15. The summed E-state index contributed by atoms with van der Waals surface area (Å²) in [6.07, 6.45) is -1.64. The summed E-state index contributed by atoms with van der Waals surface area (Å²) >= 11 is 1.91. The Kier molecular flexibility index (Phi) is 7.41. The predicted molar refractivity (Wildman–Crippen MR) is 109 cm³/mol. The summed E-state index contributed by atoms with van der Waals surface area (Å²) < 4.78 is 11.3. The van der Waals surface area contributed by atoms with E-state index in [0.717, 1.165) is 30.2 Å². The molecule has 0 saturated heterocycles. The van der Waals surface area contributed by atoms with Crippen LogP contribution in [-0.4, -0.2) is 54.7 Å². The monoisotopic (exact) mass is 389 g/mol. The molecule has 0 aliphatic carbocycles. The van der Waals surface area contributed by atoms with Crippen LogP contribution in [0.2, 0.25) is 0 Å². The van der Waals surface area contributed by atoms with Crippen molar-refractivity contribution in [3.8, 4) is 5.75 Å². The summed E-state index contributed by atoms with van der Waals surface area (Å²) in [5.41, 5.74) is 2.27. The number of para-hydroxylation sites is 1. The van der Waals surface area contributed by atoms with E-state index >= 15 is 0 Å². The van der Waals surface area contributed by atoms with Gasteiger partial charge in [-0.25, -0.2) is 0 Å². The number of rotatable bonds is 9. The number of anilines is 1. The lowest BCUT2D eigenvalue weighted by atomic mass is 10.1. The molecule has 2 aromatic carbocycles. The number of aliphatic hydroxyl groups is 2. The topological polar surface area (TPSA) is 62.2 Å². The van der Waals surface area contributed by atoms with Crippen molar-refractivity contribution >= 4 is 17.4 Å². The Bertz CT molecular complexity index is 708. The highest BCUT2D eigenvalue weighted by Crippen LogP contribution is 2.33. The van der Waals surface area contributed by atoms with E-state index < -0.39 is 12.4 Å². The predicted octanol–water partition coefficient (Wildman–Crippen LogP) is 2.94. The first-order valence-corrected chi connectivity index (χ1v) is 10.3. The summed E-state index contributed by atoms with van der Waals surface area (Å²) in [7, 11) is 0. The lowest BCUT2D eigenvalue weighted by Crippen LogP contribution is -2.33. The number of aliphatic hydroxyl groups excluding tert-OH is 1. The third-order valence-corrected chi connectivity index (χ3v) is 5.57. The first-order valence-electron chi connectivity index (χ1n) is 9.33. The van der Waals surface area contributed by atoms with E-state index in [2.05, 4.69) is 29.2 Å². The fourth-order valence-corrected chi connectivity index (χ4v) is 4.20. The molecule has 0 amide bonds. The Labute approximate surface area is 164 Å². The Hall–Kier alpha value is -1.73. The molecule has 0 aromatic heterocycles. The van der Waals surface area contributed by atoms with Crippen molar-refractivity contribution in [3.63, 3.8) is 0 Å². The van der Waals surface area contributed by atoms with Crippen LogP contribution in [0.1, 0.15) is 12.5 Å². The fraction of sp³-hybridized carbons (Fsp3) is 0.429. The molecule has 0 spiro atoms. The van der Waals surface area contributed by atoms with Crippen molar-refractivity contribution in [2.75, 3.05) is 37.0 Å². The van der Waals surface area contributed by atoms with E-state index in [9.17, 15) is 10.2 Å². The third kappa shape index (κ3) is 5.62. The van der Waals surface area contributed by atoms with Gasteiger partial charge in [-0.15, -0.1) is 11.8 Å². The zero-order valence-corrected chi connectivity index (χ0v) is 16.4. The van der Waals surface area contributed by atoms with E-state index in [1.165, 1.54) is 10.6 Å². The minimum Gasteiger partial charge on any atom is -0.492 e. The molecule has 6 heteroatoms. The van der Waals surface area contributed by atoms with E-state index in [0.29, 0.717) is 19.6 Å². The van der Waals surface area contributed by atoms with Crippen molar-refractivity contribution in [1.82, 2.24) is 0 Å². The molecule has 2 N–H and O–H groups in total. The Morgan fingerprint density at radius 1 is 1.11 bits per heavy atom. The van der Waals surface area contributed by atoms with Gasteiger partial charge in [-0.2, -0.15) is 0 Å². The number of nitrogens with zero attached hydrogens (tertiary/aromatic N) is 1. The molecule has 1 aliphatic heterocycles. The Morgan fingerprint density at radius 2 is 1.89 bits per heavy atom. The normalized spacial score (nSPS) is 14.9. The van der Waals surface area contributed by atoms with Crippen molar-refractivity contribution in [2.45, 2.75) is 30.6 Å². The highest BCUT2D eigenvalue weighted by Gasteiger charge is 2.18. The summed E-state index contributed by atoms with van der Waals surface area (Å²) in [6.45, 7) is 4.79. The maximum Gasteiger partial charge on any atom is 0.178 e. The van der Waals surface area contributed by atoms with Gasteiger partial charge in [0.2, 0.25) is 0 Å². The van der Waals surface area contributed by atoms with Gasteiger partial charge in [0.05, 0.1) is 12.2 Å². The van der Waals surface area contributed by atoms with Crippen LogP contribution in [0.5, 0.6) is 5.75 Å². The average Bonchev–Trinajstić information content (AvgIpc) is 2.69. The molecule has 146 valence electrons. The largest absolute Gasteiger partial charge is 0.492 e. The number of ether oxygens (including phenoxy) is 2. The first-order chi connectivity index (χ1) is 13.2. The van der Waals surface area contributed by atoms with Crippen LogP contribution in [0.3, 0.4) is 0 Å². The van der Waals surface area contributed by atoms with Crippen LogP contribution < -0.4 is 9.64 Å². The van der Waals surface area contributed by atoms with Gasteiger partial charge in [0.1, 0.15) is 18.5 Å². The summed E-state index contributed by atoms with van der Waals surface area (Å²) in [5, 5.41) is 18.7. The van der Waals surface area contributed by atoms with Gasteiger partial charge < -0.3 is 24.6 Å². The molecule has 5 nitrogen and oxygen atoms in total. The SMILES string of the molecule is CCO[C@@H](Cc1ccc(OCCN2CCSc3ccccc32)cc1)C(O)O. The van der Waals surface area contributed by atoms with Crippen molar-refractivity contribution < 1.29 is 19.7 Å². The quantitative estimate of drug-likeness (QED) is 0.643. The van der Waals surface area contributed by atoms with Gasteiger partial charge in [0.15, 0.2) is 6.29 Å². The molecule has 0 saturated carbocycles. The van der Waals surface area contributed by atoms with Gasteiger partial charge in [0.25, 0.3) is 0 Å². The van der Waals surface area contributed by atoms with E-state index in [4.69, 9.17) is 9.47 Å². The molecule has 1 aliphatic rings. The summed E-state index contributed by atoms with van der Waals surface area (Å²) in [5.74, 6) is 1.92. The maximum atomic E-state index is 9.37. The van der Waals surface area contributed by atoms with E-state index in [1.807, 2.05) is 43.0 Å². The molecule has 0 radical (unpaired) electrons. The zero-order valence-electron chi connectivity index (χ0n) is 15.6. The molecule has 2 aromatic rings. The molecule has 0 fully saturated rings. The lowest BCUT2D eigenvalue weighted by molar-refractivity contribution is -0.142. The molecular formula is C21H27NO4S. The van der Waals surface area contributed by atoms with Crippen LogP contribution >= 0.6 is 11.8 Å². The second kappa shape index (κ2) is 9.99.